The molecule has 1 aliphatic heterocycles. The Morgan fingerprint density at radius 3 is 1.97 bits per heavy atom. The van der Waals surface area contributed by atoms with Crippen molar-refractivity contribution in [2.75, 3.05) is 40.5 Å². The van der Waals surface area contributed by atoms with Gasteiger partial charge in [-0.05, 0) is 87.9 Å². The summed E-state index contributed by atoms with van der Waals surface area (Å²) in [6, 6.07) is 27.1. The van der Waals surface area contributed by atoms with E-state index >= 15 is 0 Å². The van der Waals surface area contributed by atoms with Gasteiger partial charge < -0.3 is 33.5 Å². The second-order valence-corrected chi connectivity index (χ2v) is 16.0. The number of benzene rings is 3. The molecule has 0 bridgehead atoms. The molecule has 1 saturated heterocycles. The minimum absolute atomic E-state index is 0.0767. The first kappa shape index (κ1) is 46.4. The molecule has 1 heterocycles. The molecule has 1 aliphatic rings. The van der Waals surface area contributed by atoms with E-state index in [9.17, 15) is 28.0 Å². The van der Waals surface area contributed by atoms with Crippen molar-refractivity contribution in [3.63, 3.8) is 0 Å². The lowest BCUT2D eigenvalue weighted by atomic mass is 9.80. The molecule has 2 amide bonds. The number of methoxy groups -OCH3 is 2. The number of likely N-dealkylation sites (tertiary alicyclic amines) is 1. The summed E-state index contributed by atoms with van der Waals surface area (Å²) in [5.74, 6) is -0.755. The van der Waals surface area contributed by atoms with Crippen LogP contribution in [-0.4, -0.2) is 92.3 Å². The number of alkyl halides is 3. The van der Waals surface area contributed by atoms with Crippen LogP contribution in [0.4, 0.5) is 13.2 Å². The zero-order chi connectivity index (χ0) is 42.3. The lowest BCUT2D eigenvalue weighted by Gasteiger charge is -2.38. The molecule has 4 rings (SSSR count). The van der Waals surface area contributed by atoms with Crippen molar-refractivity contribution in [1.82, 2.24) is 14.9 Å². The van der Waals surface area contributed by atoms with Gasteiger partial charge in [0.05, 0.1) is 52.1 Å². The topological polar surface area (TPSA) is 123 Å². The molecular formula is C43H56F3N4O7P. The first-order chi connectivity index (χ1) is 27.7. The number of unbranched alkanes of at least 4 members (excludes halogenated alkanes) is 2. The maximum absolute atomic E-state index is 14.1. The van der Waals surface area contributed by atoms with Crippen LogP contribution in [0.15, 0.2) is 78.9 Å². The van der Waals surface area contributed by atoms with Crippen LogP contribution in [0.1, 0.15) is 82.9 Å². The van der Waals surface area contributed by atoms with Crippen LogP contribution >= 0.6 is 8.53 Å². The number of halogens is 3. The standard InChI is InChI=1S/C43H56F3N4O7P/c1-31(2)50(32(3)4)58(56-27-13-25-47)57-39-28-36(49(29-39)40(51)16-11-8-12-26-48-41(52)43(44,45)46)30-55-42(33-14-9-7-10-15-33,34-17-21-37(53-5)22-18-34)35-19-23-38(54-6)24-20-35/h7,9-10,14-15,17-24,31-32,36,39H,8,11-13,16,26-30H2,1-6H3,(H,48,52)/t36-,39+,58?/m0/s1. The average Bonchev–Trinajstić information content (AvgIpc) is 3.62. The number of hydrogen-bond donors (Lipinski definition) is 1. The number of ether oxygens (including phenoxy) is 3. The van der Waals surface area contributed by atoms with Gasteiger partial charge in [-0.3, -0.25) is 9.59 Å². The SMILES string of the molecule is COc1ccc(C(OC[C@@H]2C[C@@H](OP(OCCC#N)N(C(C)C)C(C)C)CN2C(=O)CCCCCNC(=O)C(F)(F)F)(c2ccccc2)c2ccc(OC)cc2)cc1. The van der Waals surface area contributed by atoms with E-state index in [1.165, 1.54) is 0 Å². The number of nitrogens with zero attached hydrogens (tertiary/aromatic N) is 3. The van der Waals surface area contributed by atoms with Crippen LogP contribution in [0.3, 0.4) is 0 Å². The summed E-state index contributed by atoms with van der Waals surface area (Å²) in [5, 5.41) is 11.1. The highest BCUT2D eigenvalue weighted by Crippen LogP contribution is 2.49. The molecule has 3 atom stereocenters. The van der Waals surface area contributed by atoms with Gasteiger partial charge in [-0.2, -0.15) is 18.4 Å². The number of hydrogen-bond acceptors (Lipinski definition) is 9. The van der Waals surface area contributed by atoms with Crippen molar-refractivity contribution in [3.8, 4) is 17.6 Å². The van der Waals surface area contributed by atoms with Crippen LogP contribution < -0.4 is 14.8 Å². The lowest BCUT2D eigenvalue weighted by molar-refractivity contribution is -0.173. The number of nitriles is 1. The van der Waals surface area contributed by atoms with Gasteiger partial charge in [0.15, 0.2) is 0 Å². The smallest absolute Gasteiger partial charge is 0.471 e. The molecule has 1 fully saturated rings. The van der Waals surface area contributed by atoms with Crippen molar-refractivity contribution in [2.24, 2.45) is 0 Å². The highest BCUT2D eigenvalue weighted by Gasteiger charge is 2.43. The Morgan fingerprint density at radius 2 is 1.45 bits per heavy atom. The summed E-state index contributed by atoms with van der Waals surface area (Å²) in [6.07, 6.45) is -3.41. The third-order valence-corrected chi connectivity index (χ3v) is 12.1. The first-order valence-electron chi connectivity index (χ1n) is 19.6. The van der Waals surface area contributed by atoms with E-state index in [1.807, 2.05) is 84.2 Å². The zero-order valence-electron chi connectivity index (χ0n) is 34.2. The Kier molecular flexibility index (Phi) is 17.8. The van der Waals surface area contributed by atoms with E-state index in [2.05, 4.69) is 38.4 Å². The van der Waals surface area contributed by atoms with Crippen LogP contribution in [0.5, 0.6) is 11.5 Å². The molecule has 1 N–H and O–H groups in total. The number of nitrogens with one attached hydrogen (secondary N) is 1. The first-order valence-corrected chi connectivity index (χ1v) is 20.8. The van der Waals surface area contributed by atoms with E-state index in [1.54, 1.807) is 19.1 Å². The molecule has 15 heteroatoms. The normalized spacial score (nSPS) is 16.4. The quantitative estimate of drug-likeness (QED) is 0.0604. The van der Waals surface area contributed by atoms with E-state index in [-0.39, 0.29) is 57.1 Å². The molecule has 11 nitrogen and oxygen atoms in total. The van der Waals surface area contributed by atoms with Gasteiger partial charge in [-0.1, -0.05) is 61.0 Å². The van der Waals surface area contributed by atoms with Crippen molar-refractivity contribution >= 4 is 20.3 Å². The average molecular weight is 829 g/mol. The van der Waals surface area contributed by atoms with Gasteiger partial charge in [0.25, 0.3) is 8.53 Å². The number of carbonyl (C=O) groups excluding carboxylic acids is 2. The minimum Gasteiger partial charge on any atom is -0.497 e. The second-order valence-electron chi connectivity index (χ2n) is 14.6. The number of amides is 2. The molecule has 316 valence electrons. The molecule has 0 aliphatic carbocycles. The second kappa shape index (κ2) is 22.2. The Balaban J connectivity index is 1.67. The van der Waals surface area contributed by atoms with Gasteiger partial charge >= 0.3 is 12.1 Å². The molecule has 0 spiro atoms. The Hall–Kier alpha value is -4.25. The summed E-state index contributed by atoms with van der Waals surface area (Å²) >= 11 is 0. The third-order valence-electron chi connectivity index (χ3n) is 9.87. The van der Waals surface area contributed by atoms with E-state index in [0.29, 0.717) is 37.2 Å². The molecule has 0 saturated carbocycles. The van der Waals surface area contributed by atoms with Gasteiger partial charge in [-0.25, -0.2) is 4.67 Å². The van der Waals surface area contributed by atoms with Crippen LogP contribution in [0.2, 0.25) is 0 Å². The number of rotatable bonds is 22. The zero-order valence-corrected chi connectivity index (χ0v) is 35.1. The molecule has 58 heavy (non-hydrogen) atoms. The monoisotopic (exact) mass is 828 g/mol. The summed E-state index contributed by atoms with van der Waals surface area (Å²) < 4.78 is 71.2. The summed E-state index contributed by atoms with van der Waals surface area (Å²) in [4.78, 5) is 27.1. The Morgan fingerprint density at radius 1 is 0.879 bits per heavy atom. The largest absolute Gasteiger partial charge is 0.497 e. The lowest BCUT2D eigenvalue weighted by Crippen LogP contribution is -2.42. The molecule has 3 aromatic rings. The fourth-order valence-electron chi connectivity index (χ4n) is 7.15. The minimum atomic E-state index is -4.94. The van der Waals surface area contributed by atoms with Gasteiger partial charge in [0.1, 0.15) is 17.1 Å². The predicted molar refractivity (Wildman–Crippen MR) is 216 cm³/mol. The van der Waals surface area contributed by atoms with Crippen LogP contribution in [0, 0.1) is 11.3 Å². The van der Waals surface area contributed by atoms with Gasteiger partial charge in [-0.15, -0.1) is 0 Å². The van der Waals surface area contributed by atoms with Gasteiger partial charge in [0.2, 0.25) is 5.91 Å². The third kappa shape index (κ3) is 12.4. The molecule has 0 aromatic heterocycles. The maximum atomic E-state index is 14.1. The number of carbonyl (C=O) groups is 2. The Bertz CT molecular complexity index is 1700. The van der Waals surface area contributed by atoms with E-state index in [0.717, 1.165) is 16.7 Å². The highest BCUT2D eigenvalue weighted by atomic mass is 31.2. The van der Waals surface area contributed by atoms with Crippen molar-refractivity contribution in [3.05, 3.63) is 95.6 Å². The molecule has 0 radical (unpaired) electrons. The molecule has 3 aromatic carbocycles. The van der Waals surface area contributed by atoms with Crippen molar-refractivity contribution in [2.45, 2.75) is 102 Å². The molecule has 1 unspecified atom stereocenters. The van der Waals surface area contributed by atoms with E-state index in [4.69, 9.17) is 23.3 Å². The fraction of sp³-hybridized carbons (Fsp3) is 0.512. The van der Waals surface area contributed by atoms with Crippen molar-refractivity contribution in [1.29, 1.82) is 5.26 Å². The maximum Gasteiger partial charge on any atom is 0.471 e. The van der Waals surface area contributed by atoms with Crippen LogP contribution in [-0.2, 0) is 29.0 Å². The van der Waals surface area contributed by atoms with Crippen LogP contribution in [0.25, 0.3) is 0 Å². The van der Waals surface area contributed by atoms with Crippen molar-refractivity contribution < 1.29 is 46.0 Å². The van der Waals surface area contributed by atoms with E-state index < -0.39 is 38.4 Å². The summed E-state index contributed by atoms with van der Waals surface area (Å²) in [6.45, 7) is 8.68. The predicted octanol–water partition coefficient (Wildman–Crippen LogP) is 8.51. The highest BCUT2D eigenvalue weighted by molar-refractivity contribution is 7.44. The molecular weight excluding hydrogens is 772 g/mol. The van der Waals surface area contributed by atoms with Gasteiger partial charge in [0, 0.05) is 31.6 Å². The fourth-order valence-corrected chi connectivity index (χ4v) is 8.87. The Labute approximate surface area is 341 Å². The summed E-state index contributed by atoms with van der Waals surface area (Å²) in [5.41, 5.74) is 1.41. The summed E-state index contributed by atoms with van der Waals surface area (Å²) in [7, 11) is 1.62.